The lowest BCUT2D eigenvalue weighted by Crippen LogP contribution is -2.22. The minimum atomic E-state index is -0.603. The zero-order valence-electron chi connectivity index (χ0n) is 15.7. The Hall–Kier alpha value is -4.00. The molecule has 0 saturated heterocycles. The van der Waals surface area contributed by atoms with Gasteiger partial charge >= 0.3 is 5.97 Å². The lowest BCUT2D eigenvalue weighted by atomic mass is 10.1. The zero-order valence-corrected chi connectivity index (χ0v) is 15.7. The van der Waals surface area contributed by atoms with Crippen molar-refractivity contribution >= 4 is 28.7 Å². The van der Waals surface area contributed by atoms with E-state index in [-0.39, 0.29) is 0 Å². The normalized spacial score (nSPS) is 10.7. The first-order chi connectivity index (χ1) is 14.1. The van der Waals surface area contributed by atoms with Crippen molar-refractivity contribution in [3.8, 4) is 11.4 Å². The fraction of sp³-hybridized carbons (Fsp3) is 0.0909. The summed E-state index contributed by atoms with van der Waals surface area (Å²) in [6, 6.07) is 18.2. The highest BCUT2D eigenvalue weighted by molar-refractivity contribution is 5.99. The maximum atomic E-state index is 12.6. The van der Waals surface area contributed by atoms with Crippen LogP contribution in [0, 0.1) is 6.92 Å². The van der Waals surface area contributed by atoms with Crippen LogP contribution in [0.4, 0.5) is 5.82 Å². The third-order valence-corrected chi connectivity index (χ3v) is 4.39. The van der Waals surface area contributed by atoms with Gasteiger partial charge in [0.25, 0.3) is 5.91 Å². The van der Waals surface area contributed by atoms with E-state index in [4.69, 9.17) is 4.74 Å². The Morgan fingerprint density at radius 2 is 1.83 bits per heavy atom. The summed E-state index contributed by atoms with van der Waals surface area (Å²) in [5.41, 5.74) is 3.43. The van der Waals surface area contributed by atoms with E-state index < -0.39 is 18.5 Å². The molecule has 1 amide bonds. The molecule has 2 heterocycles. The number of aromatic nitrogens is 3. The minimum absolute atomic E-state index is 0.327. The number of ether oxygens (including phenoxy) is 1. The van der Waals surface area contributed by atoms with E-state index in [2.05, 4.69) is 20.3 Å². The first-order valence-corrected chi connectivity index (χ1v) is 9.04. The first-order valence-electron chi connectivity index (χ1n) is 9.04. The Morgan fingerprint density at radius 3 is 2.66 bits per heavy atom. The maximum absolute atomic E-state index is 12.6. The highest BCUT2D eigenvalue weighted by Gasteiger charge is 2.18. The van der Waals surface area contributed by atoms with Gasteiger partial charge < -0.3 is 15.0 Å². The average Bonchev–Trinajstić information content (AvgIpc) is 3.18. The predicted octanol–water partition coefficient (Wildman–Crippen LogP) is 3.73. The lowest BCUT2D eigenvalue weighted by Gasteiger charge is -2.09. The Bertz CT molecular complexity index is 1170. The number of para-hydroxylation sites is 2. The van der Waals surface area contributed by atoms with Crippen LogP contribution in [0.5, 0.6) is 0 Å². The highest BCUT2D eigenvalue weighted by Crippen LogP contribution is 2.24. The summed E-state index contributed by atoms with van der Waals surface area (Å²) < 4.78 is 5.22. The second-order valence-electron chi connectivity index (χ2n) is 6.44. The molecule has 2 aromatic heterocycles. The first kappa shape index (κ1) is 18.4. The molecule has 0 bridgehead atoms. The van der Waals surface area contributed by atoms with Gasteiger partial charge in [-0.05, 0) is 36.8 Å². The third-order valence-electron chi connectivity index (χ3n) is 4.39. The summed E-state index contributed by atoms with van der Waals surface area (Å²) in [5, 5.41) is 2.64. The number of hydrogen-bond donors (Lipinski definition) is 2. The molecule has 0 fully saturated rings. The Labute approximate surface area is 166 Å². The van der Waals surface area contributed by atoms with Crippen molar-refractivity contribution in [1.82, 2.24) is 15.0 Å². The number of nitrogens with zero attached hydrogens (tertiary/aromatic N) is 2. The van der Waals surface area contributed by atoms with Crippen LogP contribution in [0.25, 0.3) is 22.4 Å². The number of carbonyl (C=O) groups excluding carboxylic acids is 2. The van der Waals surface area contributed by atoms with E-state index in [1.54, 1.807) is 30.5 Å². The third kappa shape index (κ3) is 3.98. The number of fused-ring (bicyclic) bond motifs is 1. The molecule has 4 rings (SSSR count). The number of H-pyrrole nitrogens is 1. The molecule has 7 heteroatoms. The summed E-state index contributed by atoms with van der Waals surface area (Å²) in [6.07, 6.45) is 1.58. The monoisotopic (exact) mass is 386 g/mol. The van der Waals surface area contributed by atoms with Gasteiger partial charge in [-0.15, -0.1) is 0 Å². The fourth-order valence-electron chi connectivity index (χ4n) is 2.94. The standard InChI is InChI=1S/C22H18N4O3/c1-14-7-6-12-23-20(14)26-19(27)13-29-22(28)16-9-3-2-8-15(16)21-24-17-10-4-5-11-18(17)25-21/h2-12H,13H2,1H3,(H,24,25)(H,23,26,27). The molecule has 2 N–H and O–H groups in total. The van der Waals surface area contributed by atoms with Gasteiger partial charge in [0.05, 0.1) is 16.6 Å². The summed E-state index contributed by atoms with van der Waals surface area (Å²) in [6.45, 7) is 1.42. The number of hydrogen-bond acceptors (Lipinski definition) is 5. The molecule has 0 unspecified atom stereocenters. The number of esters is 1. The maximum Gasteiger partial charge on any atom is 0.339 e. The van der Waals surface area contributed by atoms with Crippen LogP contribution in [0.15, 0.2) is 66.9 Å². The largest absolute Gasteiger partial charge is 0.452 e. The number of anilines is 1. The van der Waals surface area contributed by atoms with Gasteiger partial charge in [0, 0.05) is 11.8 Å². The van der Waals surface area contributed by atoms with Crippen LogP contribution < -0.4 is 5.32 Å². The molecule has 0 radical (unpaired) electrons. The molecule has 29 heavy (non-hydrogen) atoms. The topological polar surface area (TPSA) is 97.0 Å². The molecule has 2 aromatic carbocycles. The Morgan fingerprint density at radius 1 is 1.03 bits per heavy atom. The molecule has 4 aromatic rings. The number of imidazole rings is 1. The van der Waals surface area contributed by atoms with Crippen LogP contribution in [-0.4, -0.2) is 33.4 Å². The molecule has 0 aliphatic rings. The summed E-state index contributed by atoms with van der Waals surface area (Å²) in [7, 11) is 0. The quantitative estimate of drug-likeness (QED) is 0.510. The Kier molecular flexibility index (Phi) is 5.03. The van der Waals surface area contributed by atoms with Crippen molar-refractivity contribution in [1.29, 1.82) is 0 Å². The number of rotatable bonds is 5. The van der Waals surface area contributed by atoms with Crippen LogP contribution in [0.1, 0.15) is 15.9 Å². The minimum Gasteiger partial charge on any atom is -0.452 e. The van der Waals surface area contributed by atoms with Crippen molar-refractivity contribution in [2.24, 2.45) is 0 Å². The fourth-order valence-corrected chi connectivity index (χ4v) is 2.94. The summed E-state index contributed by atoms with van der Waals surface area (Å²) in [4.78, 5) is 36.6. The second kappa shape index (κ2) is 7.93. The molecule has 0 atom stereocenters. The number of carbonyl (C=O) groups is 2. The SMILES string of the molecule is Cc1cccnc1NC(=O)COC(=O)c1ccccc1-c1nc2ccccc2[nH]1. The molecule has 0 spiro atoms. The van der Waals surface area contributed by atoms with E-state index in [1.807, 2.05) is 43.3 Å². The lowest BCUT2D eigenvalue weighted by molar-refractivity contribution is -0.119. The van der Waals surface area contributed by atoms with E-state index in [0.29, 0.717) is 22.8 Å². The van der Waals surface area contributed by atoms with Gasteiger partial charge in [0.2, 0.25) is 0 Å². The van der Waals surface area contributed by atoms with E-state index in [9.17, 15) is 9.59 Å². The molecule has 0 saturated carbocycles. The highest BCUT2D eigenvalue weighted by atomic mass is 16.5. The van der Waals surface area contributed by atoms with Crippen LogP contribution in [0.3, 0.4) is 0 Å². The number of pyridine rings is 1. The van der Waals surface area contributed by atoms with Crippen molar-refractivity contribution < 1.29 is 14.3 Å². The number of nitrogens with one attached hydrogen (secondary N) is 2. The number of aryl methyl sites for hydroxylation is 1. The van der Waals surface area contributed by atoms with Gasteiger partial charge in [0.1, 0.15) is 11.6 Å². The van der Waals surface area contributed by atoms with E-state index in [0.717, 1.165) is 16.6 Å². The number of aromatic amines is 1. The zero-order chi connectivity index (χ0) is 20.2. The summed E-state index contributed by atoms with van der Waals surface area (Å²) >= 11 is 0. The molecule has 0 aliphatic carbocycles. The van der Waals surface area contributed by atoms with Crippen LogP contribution in [0.2, 0.25) is 0 Å². The van der Waals surface area contributed by atoms with Gasteiger partial charge in [-0.1, -0.05) is 36.4 Å². The van der Waals surface area contributed by atoms with Crippen molar-refractivity contribution in [3.05, 3.63) is 78.0 Å². The number of benzene rings is 2. The van der Waals surface area contributed by atoms with Gasteiger partial charge in [-0.2, -0.15) is 0 Å². The average molecular weight is 386 g/mol. The van der Waals surface area contributed by atoms with Gasteiger partial charge in [-0.25, -0.2) is 14.8 Å². The smallest absolute Gasteiger partial charge is 0.339 e. The van der Waals surface area contributed by atoms with Crippen molar-refractivity contribution in [2.45, 2.75) is 6.92 Å². The van der Waals surface area contributed by atoms with Crippen molar-refractivity contribution in [3.63, 3.8) is 0 Å². The predicted molar refractivity (Wildman–Crippen MR) is 109 cm³/mol. The van der Waals surface area contributed by atoms with E-state index >= 15 is 0 Å². The van der Waals surface area contributed by atoms with E-state index in [1.165, 1.54) is 0 Å². The van der Waals surface area contributed by atoms with Crippen LogP contribution >= 0.6 is 0 Å². The molecular weight excluding hydrogens is 368 g/mol. The van der Waals surface area contributed by atoms with Gasteiger partial charge in [0.15, 0.2) is 6.61 Å². The molecule has 0 aliphatic heterocycles. The van der Waals surface area contributed by atoms with Crippen LogP contribution in [-0.2, 0) is 9.53 Å². The Balaban J connectivity index is 1.49. The second-order valence-corrected chi connectivity index (χ2v) is 6.44. The van der Waals surface area contributed by atoms with Gasteiger partial charge in [-0.3, -0.25) is 4.79 Å². The van der Waals surface area contributed by atoms with Crippen molar-refractivity contribution in [2.75, 3.05) is 11.9 Å². The number of amides is 1. The molecule has 7 nitrogen and oxygen atoms in total. The summed E-state index contributed by atoms with van der Waals surface area (Å²) in [5.74, 6) is -0.0566. The molecular formula is C22H18N4O3. The molecule has 144 valence electrons.